The zero-order valence-corrected chi connectivity index (χ0v) is 10.1. The van der Waals surface area contributed by atoms with Gasteiger partial charge < -0.3 is 0 Å². The van der Waals surface area contributed by atoms with Gasteiger partial charge in [-0.2, -0.15) is 0 Å². The van der Waals surface area contributed by atoms with E-state index < -0.39 is 0 Å². The Morgan fingerprint density at radius 1 is 1.17 bits per heavy atom. The van der Waals surface area contributed by atoms with Crippen LogP contribution < -0.4 is 0 Å². The second-order valence-electron chi connectivity index (χ2n) is 3.37. The Hall–Kier alpha value is 0.480. The van der Waals surface area contributed by atoms with Crippen LogP contribution in [-0.4, -0.2) is 4.83 Å². The van der Waals surface area contributed by atoms with E-state index in [1.807, 2.05) is 0 Å². The molecule has 12 heavy (non-hydrogen) atoms. The van der Waals surface area contributed by atoms with Gasteiger partial charge in [-0.25, -0.2) is 0 Å². The van der Waals surface area contributed by atoms with Crippen molar-refractivity contribution in [2.24, 2.45) is 0 Å². The largest absolute Gasteiger partial charge is 0.0891 e. The van der Waals surface area contributed by atoms with Gasteiger partial charge >= 0.3 is 0 Å². The Morgan fingerprint density at radius 2 is 1.92 bits per heavy atom. The molecule has 0 rings (SSSR count). The smallest absolute Gasteiger partial charge is 0.0143 e. The Labute approximate surface area is 86.3 Å². The summed E-state index contributed by atoms with van der Waals surface area (Å²) >= 11 is 3.64. The van der Waals surface area contributed by atoms with E-state index >= 15 is 0 Å². The third kappa shape index (κ3) is 8.58. The van der Waals surface area contributed by atoms with Gasteiger partial charge in [0.15, 0.2) is 0 Å². The van der Waals surface area contributed by atoms with Gasteiger partial charge in [-0.3, -0.25) is 0 Å². The molecule has 0 saturated heterocycles. The highest BCUT2D eigenvalue weighted by Gasteiger charge is 1.99. The molecule has 0 nitrogen and oxygen atoms in total. The van der Waals surface area contributed by atoms with Crippen LogP contribution in [0.3, 0.4) is 0 Å². The second-order valence-corrected chi connectivity index (χ2v) is 4.66. The number of hydrogen-bond donors (Lipinski definition) is 0. The Bertz CT molecular complexity index is 81.1. The molecule has 0 aromatic rings. The normalized spacial score (nSPS) is 13.2. The van der Waals surface area contributed by atoms with Crippen LogP contribution >= 0.6 is 15.9 Å². The highest BCUT2D eigenvalue weighted by atomic mass is 79.9. The molecular formula is C11H22Br. The van der Waals surface area contributed by atoms with Crippen LogP contribution in [-0.2, 0) is 0 Å². The molecule has 0 spiro atoms. The lowest BCUT2D eigenvalue weighted by Gasteiger charge is -2.05. The predicted octanol–water partition coefficient (Wildman–Crippen LogP) is 4.72. The first-order valence-electron chi connectivity index (χ1n) is 5.27. The summed E-state index contributed by atoms with van der Waals surface area (Å²) in [4.78, 5) is 0.736. The molecule has 0 saturated carbocycles. The number of unbranched alkanes of at least 4 members (excludes halogenated alkanes) is 5. The number of rotatable bonds is 8. The molecule has 0 aromatic carbocycles. The van der Waals surface area contributed by atoms with E-state index in [2.05, 4.69) is 36.2 Å². The van der Waals surface area contributed by atoms with Crippen molar-refractivity contribution in [1.82, 2.24) is 0 Å². The highest BCUT2D eigenvalue weighted by molar-refractivity contribution is 9.09. The predicted molar refractivity (Wildman–Crippen MR) is 60.7 cm³/mol. The molecule has 0 amide bonds. The van der Waals surface area contributed by atoms with Crippen LogP contribution in [0.1, 0.15) is 58.8 Å². The standard InChI is InChI=1S/C11H22Br/c1-3-5-6-7-8-9-10-11(12)4-2/h8,11H,3-7,9-10H2,1-2H3. The summed E-state index contributed by atoms with van der Waals surface area (Å²) in [6.07, 6.45) is 11.7. The summed E-state index contributed by atoms with van der Waals surface area (Å²) in [6.45, 7) is 4.49. The summed E-state index contributed by atoms with van der Waals surface area (Å²) in [5.74, 6) is 0. The van der Waals surface area contributed by atoms with Crippen molar-refractivity contribution >= 4 is 15.9 Å². The Kier molecular flexibility index (Phi) is 9.95. The van der Waals surface area contributed by atoms with Crippen molar-refractivity contribution in [3.05, 3.63) is 6.42 Å². The van der Waals surface area contributed by atoms with Gasteiger partial charge in [-0.15, -0.1) is 0 Å². The average Bonchev–Trinajstić information content (AvgIpc) is 2.10. The Balaban J connectivity index is 2.90. The molecule has 0 aliphatic carbocycles. The van der Waals surface area contributed by atoms with Gasteiger partial charge in [0.1, 0.15) is 0 Å². The van der Waals surface area contributed by atoms with Crippen LogP contribution in [0.5, 0.6) is 0 Å². The summed E-state index contributed by atoms with van der Waals surface area (Å²) in [6, 6.07) is 0. The lowest BCUT2D eigenvalue weighted by Crippen LogP contribution is -1.94. The fourth-order valence-electron chi connectivity index (χ4n) is 1.19. The Morgan fingerprint density at radius 3 is 2.50 bits per heavy atom. The summed E-state index contributed by atoms with van der Waals surface area (Å²) in [7, 11) is 0. The van der Waals surface area contributed by atoms with E-state index in [0.717, 1.165) is 4.83 Å². The van der Waals surface area contributed by atoms with Crippen molar-refractivity contribution in [2.45, 2.75) is 63.6 Å². The first-order chi connectivity index (χ1) is 5.81. The van der Waals surface area contributed by atoms with E-state index in [-0.39, 0.29) is 0 Å². The topological polar surface area (TPSA) is 0 Å². The van der Waals surface area contributed by atoms with Gasteiger partial charge in [0, 0.05) is 4.83 Å². The van der Waals surface area contributed by atoms with Gasteiger partial charge in [-0.1, -0.05) is 55.5 Å². The maximum absolute atomic E-state index is 3.64. The quantitative estimate of drug-likeness (QED) is 0.421. The number of halogens is 1. The first kappa shape index (κ1) is 12.5. The van der Waals surface area contributed by atoms with Crippen LogP contribution in [0.4, 0.5) is 0 Å². The van der Waals surface area contributed by atoms with E-state index in [1.54, 1.807) is 0 Å². The molecule has 1 unspecified atom stereocenters. The first-order valence-corrected chi connectivity index (χ1v) is 6.18. The molecule has 1 radical (unpaired) electrons. The van der Waals surface area contributed by atoms with Crippen LogP contribution in [0.15, 0.2) is 0 Å². The summed E-state index contributed by atoms with van der Waals surface area (Å²) in [5.41, 5.74) is 0. The summed E-state index contributed by atoms with van der Waals surface area (Å²) < 4.78 is 0. The minimum absolute atomic E-state index is 0.736. The third-order valence-corrected chi connectivity index (χ3v) is 3.24. The number of hydrogen-bond acceptors (Lipinski definition) is 0. The molecule has 0 heterocycles. The van der Waals surface area contributed by atoms with Crippen molar-refractivity contribution in [3.8, 4) is 0 Å². The molecule has 0 bridgehead atoms. The molecule has 0 fully saturated rings. The molecular weight excluding hydrogens is 212 g/mol. The van der Waals surface area contributed by atoms with Gasteiger partial charge in [0.2, 0.25) is 0 Å². The van der Waals surface area contributed by atoms with Crippen molar-refractivity contribution < 1.29 is 0 Å². The minimum atomic E-state index is 0.736. The third-order valence-electron chi connectivity index (χ3n) is 2.14. The van der Waals surface area contributed by atoms with Gasteiger partial charge in [0.05, 0.1) is 0 Å². The average molecular weight is 234 g/mol. The zero-order chi connectivity index (χ0) is 9.23. The van der Waals surface area contributed by atoms with Gasteiger partial charge in [0.25, 0.3) is 0 Å². The molecule has 1 heteroatoms. The van der Waals surface area contributed by atoms with Crippen molar-refractivity contribution in [1.29, 1.82) is 0 Å². The van der Waals surface area contributed by atoms with E-state index in [0.29, 0.717) is 0 Å². The molecule has 0 aliphatic heterocycles. The second kappa shape index (κ2) is 9.57. The highest BCUT2D eigenvalue weighted by Crippen LogP contribution is 2.14. The maximum Gasteiger partial charge on any atom is 0.0143 e. The summed E-state index contributed by atoms with van der Waals surface area (Å²) in [5, 5.41) is 0. The SMILES string of the molecule is CCCCC[CH]CCC(Br)CC. The van der Waals surface area contributed by atoms with E-state index in [9.17, 15) is 0 Å². The molecule has 0 aromatic heterocycles. The number of alkyl halides is 1. The lowest BCUT2D eigenvalue weighted by molar-refractivity contribution is 0.665. The fraction of sp³-hybridized carbons (Fsp3) is 0.909. The monoisotopic (exact) mass is 233 g/mol. The minimum Gasteiger partial charge on any atom is -0.0891 e. The lowest BCUT2D eigenvalue weighted by atomic mass is 10.1. The fourth-order valence-corrected chi connectivity index (χ4v) is 1.45. The van der Waals surface area contributed by atoms with Crippen molar-refractivity contribution in [2.75, 3.05) is 0 Å². The zero-order valence-electron chi connectivity index (χ0n) is 8.48. The van der Waals surface area contributed by atoms with Crippen LogP contribution in [0.25, 0.3) is 0 Å². The van der Waals surface area contributed by atoms with Gasteiger partial charge in [-0.05, 0) is 25.7 Å². The molecule has 0 aliphatic rings. The van der Waals surface area contributed by atoms with E-state index in [1.165, 1.54) is 44.9 Å². The van der Waals surface area contributed by atoms with Crippen LogP contribution in [0.2, 0.25) is 0 Å². The maximum atomic E-state index is 3.64. The van der Waals surface area contributed by atoms with E-state index in [4.69, 9.17) is 0 Å². The van der Waals surface area contributed by atoms with Crippen LogP contribution in [0, 0.1) is 6.42 Å². The molecule has 73 valence electrons. The molecule has 0 N–H and O–H groups in total. The van der Waals surface area contributed by atoms with Crippen molar-refractivity contribution in [3.63, 3.8) is 0 Å². The molecule has 1 atom stereocenters.